The standard InChI is InChI=1S/C19H21N3O5/c1-3-4-8-18(23)21-16-10-9-14(12-17(16)27-2)20-19(24)13-6-5-7-15(11-13)22(25)26/h5-7,9-12H,3-4,8H2,1-2H3,(H,20,24)(H,21,23). The maximum atomic E-state index is 12.3. The van der Waals surface area contributed by atoms with E-state index in [1.807, 2.05) is 6.92 Å². The van der Waals surface area contributed by atoms with Gasteiger partial charge in [-0.25, -0.2) is 0 Å². The first-order chi connectivity index (χ1) is 12.9. The van der Waals surface area contributed by atoms with Crippen molar-refractivity contribution in [2.75, 3.05) is 17.7 Å². The van der Waals surface area contributed by atoms with Gasteiger partial charge in [0.1, 0.15) is 5.75 Å². The molecule has 0 unspecified atom stereocenters. The molecule has 2 aromatic carbocycles. The van der Waals surface area contributed by atoms with Gasteiger partial charge in [0.2, 0.25) is 5.91 Å². The van der Waals surface area contributed by atoms with E-state index in [1.54, 1.807) is 18.2 Å². The zero-order valence-corrected chi connectivity index (χ0v) is 15.2. The number of nitrogens with zero attached hydrogens (tertiary/aromatic N) is 1. The first-order valence-corrected chi connectivity index (χ1v) is 8.48. The second kappa shape index (κ2) is 9.33. The van der Waals surface area contributed by atoms with E-state index in [-0.39, 0.29) is 17.2 Å². The summed E-state index contributed by atoms with van der Waals surface area (Å²) in [5, 5.41) is 16.3. The van der Waals surface area contributed by atoms with E-state index in [2.05, 4.69) is 10.6 Å². The Kier molecular flexibility index (Phi) is 6.87. The van der Waals surface area contributed by atoms with Crippen molar-refractivity contribution in [2.24, 2.45) is 0 Å². The number of nitro benzene ring substituents is 1. The maximum absolute atomic E-state index is 12.3. The summed E-state index contributed by atoms with van der Waals surface area (Å²) in [5.74, 6) is -0.194. The molecule has 2 aromatic rings. The smallest absolute Gasteiger partial charge is 0.270 e. The number of ether oxygens (including phenoxy) is 1. The lowest BCUT2D eigenvalue weighted by molar-refractivity contribution is -0.384. The van der Waals surface area contributed by atoms with Crippen LogP contribution in [0.2, 0.25) is 0 Å². The third-order valence-electron chi connectivity index (χ3n) is 3.81. The molecule has 0 aliphatic carbocycles. The van der Waals surface area contributed by atoms with Gasteiger partial charge in [0.25, 0.3) is 11.6 Å². The Morgan fingerprint density at radius 1 is 1.15 bits per heavy atom. The minimum atomic E-state index is -0.560. The minimum Gasteiger partial charge on any atom is -0.494 e. The van der Waals surface area contributed by atoms with E-state index in [4.69, 9.17) is 4.74 Å². The third kappa shape index (κ3) is 5.53. The number of amides is 2. The molecule has 2 N–H and O–H groups in total. The van der Waals surface area contributed by atoms with Gasteiger partial charge >= 0.3 is 0 Å². The van der Waals surface area contributed by atoms with Crippen molar-refractivity contribution in [3.63, 3.8) is 0 Å². The summed E-state index contributed by atoms with van der Waals surface area (Å²) >= 11 is 0. The van der Waals surface area contributed by atoms with Crippen LogP contribution in [0.25, 0.3) is 0 Å². The number of nitrogens with one attached hydrogen (secondary N) is 2. The molecule has 0 aliphatic rings. The summed E-state index contributed by atoms with van der Waals surface area (Å²) in [7, 11) is 1.46. The molecule has 27 heavy (non-hydrogen) atoms. The largest absolute Gasteiger partial charge is 0.494 e. The Balaban J connectivity index is 2.13. The lowest BCUT2D eigenvalue weighted by Gasteiger charge is -2.12. The van der Waals surface area contributed by atoms with E-state index < -0.39 is 10.8 Å². The highest BCUT2D eigenvalue weighted by Crippen LogP contribution is 2.28. The van der Waals surface area contributed by atoms with Crippen LogP contribution in [0.4, 0.5) is 17.1 Å². The van der Waals surface area contributed by atoms with Gasteiger partial charge in [0, 0.05) is 35.9 Å². The molecule has 0 radical (unpaired) electrons. The van der Waals surface area contributed by atoms with Crippen molar-refractivity contribution in [1.29, 1.82) is 0 Å². The number of non-ortho nitro benzene ring substituents is 1. The molecule has 2 rings (SSSR count). The van der Waals surface area contributed by atoms with Gasteiger partial charge in [-0.05, 0) is 24.6 Å². The maximum Gasteiger partial charge on any atom is 0.270 e. The zero-order chi connectivity index (χ0) is 19.8. The van der Waals surface area contributed by atoms with Gasteiger partial charge in [0.05, 0.1) is 17.7 Å². The summed E-state index contributed by atoms with van der Waals surface area (Å²) in [6.07, 6.45) is 2.14. The van der Waals surface area contributed by atoms with Crippen LogP contribution < -0.4 is 15.4 Å². The quantitative estimate of drug-likeness (QED) is 0.538. The molecule has 142 valence electrons. The molecule has 0 aliphatic heterocycles. The number of nitro groups is 1. The lowest BCUT2D eigenvalue weighted by Crippen LogP contribution is -2.14. The van der Waals surface area contributed by atoms with E-state index in [0.29, 0.717) is 23.5 Å². The summed E-state index contributed by atoms with van der Waals surface area (Å²) in [6, 6.07) is 10.3. The molecular weight excluding hydrogens is 350 g/mol. The van der Waals surface area contributed by atoms with Crippen LogP contribution in [0, 0.1) is 10.1 Å². The SMILES string of the molecule is CCCCC(=O)Nc1ccc(NC(=O)c2cccc([N+](=O)[O-])c2)cc1OC. The summed E-state index contributed by atoms with van der Waals surface area (Å²) < 4.78 is 5.27. The lowest BCUT2D eigenvalue weighted by atomic mass is 10.1. The third-order valence-corrected chi connectivity index (χ3v) is 3.81. The summed E-state index contributed by atoms with van der Waals surface area (Å²) in [4.78, 5) is 34.5. The second-order valence-corrected chi connectivity index (χ2v) is 5.83. The van der Waals surface area contributed by atoms with Gasteiger partial charge in [0.15, 0.2) is 0 Å². The van der Waals surface area contributed by atoms with Crippen molar-refractivity contribution >= 4 is 28.9 Å². The fourth-order valence-electron chi connectivity index (χ4n) is 2.39. The van der Waals surface area contributed by atoms with Gasteiger partial charge in [-0.1, -0.05) is 19.4 Å². The number of rotatable bonds is 8. The average molecular weight is 371 g/mol. The minimum absolute atomic E-state index is 0.108. The number of carbonyl (C=O) groups is 2. The van der Waals surface area contributed by atoms with Crippen molar-refractivity contribution in [2.45, 2.75) is 26.2 Å². The van der Waals surface area contributed by atoms with E-state index in [0.717, 1.165) is 12.8 Å². The van der Waals surface area contributed by atoms with E-state index in [9.17, 15) is 19.7 Å². The van der Waals surface area contributed by atoms with Crippen molar-refractivity contribution in [1.82, 2.24) is 0 Å². The Labute approximate surface area is 156 Å². The second-order valence-electron chi connectivity index (χ2n) is 5.83. The topological polar surface area (TPSA) is 111 Å². The highest BCUT2D eigenvalue weighted by atomic mass is 16.6. The average Bonchev–Trinajstić information content (AvgIpc) is 2.67. The van der Waals surface area contributed by atoms with Crippen LogP contribution >= 0.6 is 0 Å². The fourth-order valence-corrected chi connectivity index (χ4v) is 2.39. The number of hydrogen-bond acceptors (Lipinski definition) is 5. The Morgan fingerprint density at radius 2 is 1.93 bits per heavy atom. The van der Waals surface area contributed by atoms with Crippen LogP contribution in [0.3, 0.4) is 0 Å². The van der Waals surface area contributed by atoms with Crippen LogP contribution in [-0.4, -0.2) is 23.8 Å². The zero-order valence-electron chi connectivity index (χ0n) is 15.2. The number of unbranched alkanes of at least 4 members (excludes halogenated alkanes) is 1. The number of methoxy groups -OCH3 is 1. The Morgan fingerprint density at radius 3 is 2.59 bits per heavy atom. The molecule has 0 saturated carbocycles. The van der Waals surface area contributed by atoms with Crippen molar-refractivity contribution in [3.8, 4) is 5.75 Å². The number of hydrogen-bond donors (Lipinski definition) is 2. The van der Waals surface area contributed by atoms with Crippen molar-refractivity contribution in [3.05, 3.63) is 58.1 Å². The Bertz CT molecular complexity index is 851. The molecule has 0 bridgehead atoms. The molecule has 0 fully saturated rings. The molecule has 0 atom stereocenters. The highest BCUT2D eigenvalue weighted by Gasteiger charge is 2.13. The van der Waals surface area contributed by atoms with Gasteiger partial charge < -0.3 is 15.4 Å². The highest BCUT2D eigenvalue weighted by molar-refractivity contribution is 6.05. The molecule has 0 aromatic heterocycles. The van der Waals surface area contributed by atoms with E-state index >= 15 is 0 Å². The van der Waals surface area contributed by atoms with Crippen molar-refractivity contribution < 1.29 is 19.2 Å². The number of carbonyl (C=O) groups excluding carboxylic acids is 2. The molecule has 0 heterocycles. The van der Waals surface area contributed by atoms with Gasteiger partial charge in [-0.3, -0.25) is 19.7 Å². The molecule has 0 spiro atoms. The molecule has 2 amide bonds. The number of benzene rings is 2. The predicted molar refractivity (Wildman–Crippen MR) is 102 cm³/mol. The number of anilines is 2. The molecule has 0 saturated heterocycles. The first kappa shape index (κ1) is 19.9. The first-order valence-electron chi connectivity index (χ1n) is 8.48. The van der Waals surface area contributed by atoms with Crippen LogP contribution in [0.5, 0.6) is 5.75 Å². The summed E-state index contributed by atoms with van der Waals surface area (Å²) in [6.45, 7) is 2.01. The molecular formula is C19H21N3O5. The van der Waals surface area contributed by atoms with Gasteiger partial charge in [-0.15, -0.1) is 0 Å². The Hall–Kier alpha value is -3.42. The van der Waals surface area contributed by atoms with Gasteiger partial charge in [-0.2, -0.15) is 0 Å². The van der Waals surface area contributed by atoms with Crippen LogP contribution in [0.1, 0.15) is 36.5 Å². The van der Waals surface area contributed by atoms with Crippen LogP contribution in [-0.2, 0) is 4.79 Å². The molecule has 8 nitrogen and oxygen atoms in total. The fraction of sp³-hybridized carbons (Fsp3) is 0.263. The van der Waals surface area contributed by atoms with E-state index in [1.165, 1.54) is 31.4 Å². The van der Waals surface area contributed by atoms with Crippen LogP contribution in [0.15, 0.2) is 42.5 Å². The summed E-state index contributed by atoms with van der Waals surface area (Å²) in [5.41, 5.74) is 0.951. The monoisotopic (exact) mass is 371 g/mol. The molecule has 8 heteroatoms. The predicted octanol–water partition coefficient (Wildman–Crippen LogP) is 3.98. The normalized spacial score (nSPS) is 10.1.